The van der Waals surface area contributed by atoms with E-state index in [1.165, 1.54) is 4.31 Å². The third kappa shape index (κ3) is 3.07. The Kier molecular flexibility index (Phi) is 4.39. The van der Waals surface area contributed by atoms with Gasteiger partial charge in [0.15, 0.2) is 0 Å². The number of aromatic amines is 1. The fourth-order valence-corrected chi connectivity index (χ4v) is 4.89. The SMILES string of the molecule is Cc1ccc(S(=O)(=O)N2CC=C(c3c[nH]c4cc(Cl)ccc34)CC2)cc1. The van der Waals surface area contributed by atoms with Crippen LogP contribution in [0.2, 0.25) is 5.02 Å². The first kappa shape index (κ1) is 17.3. The Balaban J connectivity index is 1.60. The number of aromatic nitrogens is 1. The van der Waals surface area contributed by atoms with E-state index in [9.17, 15) is 8.42 Å². The highest BCUT2D eigenvalue weighted by Gasteiger charge is 2.26. The zero-order valence-corrected chi connectivity index (χ0v) is 15.9. The van der Waals surface area contributed by atoms with Gasteiger partial charge in [-0.15, -0.1) is 0 Å². The van der Waals surface area contributed by atoms with E-state index in [2.05, 4.69) is 4.98 Å². The van der Waals surface area contributed by atoms with Crippen molar-refractivity contribution in [3.8, 4) is 0 Å². The third-order valence-electron chi connectivity index (χ3n) is 4.82. The summed E-state index contributed by atoms with van der Waals surface area (Å²) in [6.45, 7) is 2.80. The summed E-state index contributed by atoms with van der Waals surface area (Å²) in [5.41, 5.74) is 4.31. The quantitative estimate of drug-likeness (QED) is 0.714. The Bertz CT molecular complexity index is 1100. The molecule has 0 spiro atoms. The molecule has 0 amide bonds. The van der Waals surface area contributed by atoms with Crippen molar-refractivity contribution in [2.75, 3.05) is 13.1 Å². The van der Waals surface area contributed by atoms with Crippen LogP contribution in [-0.4, -0.2) is 30.8 Å². The molecule has 0 saturated carbocycles. The molecular weight excluding hydrogens is 368 g/mol. The van der Waals surface area contributed by atoms with Crippen molar-refractivity contribution < 1.29 is 8.42 Å². The minimum Gasteiger partial charge on any atom is -0.361 e. The van der Waals surface area contributed by atoms with Crippen molar-refractivity contribution in [1.82, 2.24) is 9.29 Å². The maximum Gasteiger partial charge on any atom is 0.243 e. The molecule has 0 bridgehead atoms. The maximum absolute atomic E-state index is 12.8. The van der Waals surface area contributed by atoms with E-state index in [4.69, 9.17) is 11.6 Å². The average Bonchev–Trinajstić information content (AvgIpc) is 3.05. The van der Waals surface area contributed by atoms with Gasteiger partial charge in [-0.25, -0.2) is 8.42 Å². The van der Waals surface area contributed by atoms with E-state index >= 15 is 0 Å². The zero-order valence-electron chi connectivity index (χ0n) is 14.4. The van der Waals surface area contributed by atoms with Crippen LogP contribution in [0.25, 0.3) is 16.5 Å². The first-order valence-corrected chi connectivity index (χ1v) is 10.3. The van der Waals surface area contributed by atoms with Crippen LogP contribution in [0, 0.1) is 6.92 Å². The van der Waals surface area contributed by atoms with Crippen molar-refractivity contribution in [1.29, 1.82) is 0 Å². The van der Waals surface area contributed by atoms with Gasteiger partial charge < -0.3 is 4.98 Å². The Morgan fingerprint density at radius 1 is 1.12 bits per heavy atom. The number of benzene rings is 2. The first-order chi connectivity index (χ1) is 12.4. The number of fused-ring (bicyclic) bond motifs is 1. The lowest BCUT2D eigenvalue weighted by Crippen LogP contribution is -2.34. The minimum absolute atomic E-state index is 0.349. The molecule has 0 atom stereocenters. The van der Waals surface area contributed by atoms with Gasteiger partial charge in [-0.1, -0.05) is 41.4 Å². The summed E-state index contributed by atoms with van der Waals surface area (Å²) in [6.07, 6.45) is 4.66. The van der Waals surface area contributed by atoms with Gasteiger partial charge in [0.05, 0.1) is 4.90 Å². The van der Waals surface area contributed by atoms with E-state index in [-0.39, 0.29) is 0 Å². The second kappa shape index (κ2) is 6.58. The fraction of sp³-hybridized carbons (Fsp3) is 0.200. The summed E-state index contributed by atoms with van der Waals surface area (Å²) in [6, 6.07) is 12.8. The van der Waals surface area contributed by atoms with Crippen LogP contribution in [0.15, 0.2) is 59.6 Å². The molecule has 0 unspecified atom stereocenters. The van der Waals surface area contributed by atoms with Crippen molar-refractivity contribution >= 4 is 38.1 Å². The summed E-state index contributed by atoms with van der Waals surface area (Å²) >= 11 is 6.04. The highest BCUT2D eigenvalue weighted by Crippen LogP contribution is 2.31. The van der Waals surface area contributed by atoms with E-state index < -0.39 is 10.0 Å². The summed E-state index contributed by atoms with van der Waals surface area (Å²) in [5.74, 6) is 0. The van der Waals surface area contributed by atoms with Crippen molar-refractivity contribution in [2.45, 2.75) is 18.2 Å². The molecule has 26 heavy (non-hydrogen) atoms. The number of hydrogen-bond acceptors (Lipinski definition) is 2. The number of halogens is 1. The average molecular weight is 387 g/mol. The van der Waals surface area contributed by atoms with Crippen LogP contribution in [0.5, 0.6) is 0 Å². The van der Waals surface area contributed by atoms with Gasteiger partial charge in [-0.2, -0.15) is 4.31 Å². The zero-order chi connectivity index (χ0) is 18.3. The van der Waals surface area contributed by atoms with Crippen LogP contribution < -0.4 is 0 Å². The van der Waals surface area contributed by atoms with E-state index in [0.717, 1.165) is 27.6 Å². The molecule has 0 aliphatic carbocycles. The Labute approximate surface area is 158 Å². The molecule has 2 heterocycles. The van der Waals surface area contributed by atoms with Gasteiger partial charge in [-0.3, -0.25) is 0 Å². The van der Waals surface area contributed by atoms with Gasteiger partial charge >= 0.3 is 0 Å². The van der Waals surface area contributed by atoms with Crippen LogP contribution in [-0.2, 0) is 10.0 Å². The van der Waals surface area contributed by atoms with Crippen LogP contribution in [0.4, 0.5) is 0 Å². The normalized spacial score (nSPS) is 16.0. The second-order valence-electron chi connectivity index (χ2n) is 6.55. The van der Waals surface area contributed by atoms with Crippen LogP contribution in [0.3, 0.4) is 0 Å². The topological polar surface area (TPSA) is 53.2 Å². The van der Waals surface area contributed by atoms with Gasteiger partial charge in [0.25, 0.3) is 0 Å². The predicted octanol–water partition coefficient (Wildman–Crippen LogP) is 4.61. The molecular formula is C20H19ClN2O2S. The van der Waals surface area contributed by atoms with Crippen molar-refractivity contribution in [2.24, 2.45) is 0 Å². The van der Waals surface area contributed by atoms with E-state index in [1.807, 2.05) is 49.5 Å². The monoisotopic (exact) mass is 386 g/mol. The fourth-order valence-electron chi connectivity index (χ4n) is 3.34. The number of rotatable bonds is 3. The summed E-state index contributed by atoms with van der Waals surface area (Å²) in [7, 11) is -3.46. The lowest BCUT2D eigenvalue weighted by atomic mass is 10.00. The molecule has 4 rings (SSSR count). The smallest absolute Gasteiger partial charge is 0.243 e. The summed E-state index contributed by atoms with van der Waals surface area (Å²) in [5, 5.41) is 1.80. The maximum atomic E-state index is 12.8. The number of nitrogens with one attached hydrogen (secondary N) is 1. The number of sulfonamides is 1. The molecule has 0 fully saturated rings. The lowest BCUT2D eigenvalue weighted by molar-refractivity contribution is 0.441. The second-order valence-corrected chi connectivity index (χ2v) is 8.92. The molecule has 1 N–H and O–H groups in total. The van der Waals surface area contributed by atoms with Gasteiger partial charge in [0, 0.05) is 40.8 Å². The molecule has 2 aromatic carbocycles. The van der Waals surface area contributed by atoms with E-state index in [1.54, 1.807) is 12.1 Å². The van der Waals surface area contributed by atoms with Crippen LogP contribution >= 0.6 is 11.6 Å². The predicted molar refractivity (Wildman–Crippen MR) is 106 cm³/mol. The number of hydrogen-bond donors (Lipinski definition) is 1. The molecule has 134 valence electrons. The number of H-pyrrole nitrogens is 1. The summed E-state index contributed by atoms with van der Waals surface area (Å²) < 4.78 is 27.2. The van der Waals surface area contributed by atoms with Crippen molar-refractivity contribution in [3.63, 3.8) is 0 Å². The molecule has 6 heteroatoms. The van der Waals surface area contributed by atoms with Crippen molar-refractivity contribution in [3.05, 3.63) is 70.9 Å². The molecule has 3 aromatic rings. The first-order valence-electron chi connectivity index (χ1n) is 8.48. The summed E-state index contributed by atoms with van der Waals surface area (Å²) in [4.78, 5) is 3.59. The number of nitrogens with zero attached hydrogens (tertiary/aromatic N) is 1. The largest absolute Gasteiger partial charge is 0.361 e. The molecule has 1 aromatic heterocycles. The van der Waals surface area contributed by atoms with Gasteiger partial charge in [0.1, 0.15) is 0 Å². The molecule has 1 aliphatic rings. The standard InChI is InChI=1S/C20H19ClN2O2S/c1-14-2-5-17(6-3-14)26(24,25)23-10-8-15(9-11-23)19-13-22-20-12-16(21)4-7-18(19)20/h2-8,12-13,22H,9-11H2,1H3. The molecule has 4 nitrogen and oxygen atoms in total. The lowest BCUT2D eigenvalue weighted by Gasteiger charge is -2.26. The Hall–Kier alpha value is -2.08. The Morgan fingerprint density at radius 2 is 1.88 bits per heavy atom. The number of aryl methyl sites for hydroxylation is 1. The minimum atomic E-state index is -3.46. The Morgan fingerprint density at radius 3 is 2.58 bits per heavy atom. The highest BCUT2D eigenvalue weighted by atomic mass is 35.5. The van der Waals surface area contributed by atoms with Crippen LogP contribution in [0.1, 0.15) is 17.5 Å². The molecule has 0 radical (unpaired) electrons. The van der Waals surface area contributed by atoms with Gasteiger partial charge in [-0.05, 0) is 43.2 Å². The van der Waals surface area contributed by atoms with Gasteiger partial charge in [0.2, 0.25) is 10.0 Å². The molecule has 0 saturated heterocycles. The van der Waals surface area contributed by atoms with E-state index in [0.29, 0.717) is 29.4 Å². The highest BCUT2D eigenvalue weighted by molar-refractivity contribution is 7.89. The molecule has 1 aliphatic heterocycles. The third-order valence-corrected chi connectivity index (χ3v) is 6.93.